The van der Waals surface area contributed by atoms with E-state index >= 15 is 0 Å². The Morgan fingerprint density at radius 3 is 1.91 bits per heavy atom. The summed E-state index contributed by atoms with van der Waals surface area (Å²) < 4.78 is 11.4. The lowest BCUT2D eigenvalue weighted by molar-refractivity contribution is -0.0163. The Morgan fingerprint density at radius 2 is 1.33 bits per heavy atom. The highest BCUT2D eigenvalue weighted by molar-refractivity contribution is 5.90. The molecule has 2 aliphatic carbocycles. The van der Waals surface area contributed by atoms with Gasteiger partial charge in [-0.15, -0.1) is 0 Å². The molecule has 2 aromatic carbocycles. The molecule has 0 radical (unpaired) electrons. The largest absolute Gasteiger partial charge is 0.459 e. The lowest BCUT2D eigenvalue weighted by Crippen LogP contribution is -2.28. The smallest absolute Gasteiger partial charge is 0.338 e. The Bertz CT molecular complexity index is 897. The topological polar surface area (TPSA) is 35.5 Å². The molecule has 0 saturated heterocycles. The average molecular weight is 447 g/mol. The molecule has 0 amide bonds. The normalized spacial score (nSPS) is 25.8. The van der Waals surface area contributed by atoms with Gasteiger partial charge in [-0.05, 0) is 86.1 Å². The first-order chi connectivity index (χ1) is 16.1. The highest BCUT2D eigenvalue weighted by Crippen LogP contribution is 2.35. The molecule has 176 valence electrons. The zero-order chi connectivity index (χ0) is 23.0. The van der Waals surface area contributed by atoms with Crippen molar-refractivity contribution in [1.82, 2.24) is 0 Å². The van der Waals surface area contributed by atoms with Gasteiger partial charge in [0.15, 0.2) is 0 Å². The van der Waals surface area contributed by atoms with Crippen LogP contribution in [0.25, 0.3) is 12.2 Å². The van der Waals surface area contributed by atoms with Crippen LogP contribution in [0.4, 0.5) is 0 Å². The van der Waals surface area contributed by atoms with Gasteiger partial charge in [0.25, 0.3) is 0 Å². The molecule has 0 heterocycles. The summed E-state index contributed by atoms with van der Waals surface area (Å²) in [6.07, 6.45) is 13.6. The standard InChI is InChI=1S/C30H38O3/c1-3-32-28-18-20-29(21-19-28)33-30(31)27-16-10-24(11-17-27)7-6-23-8-14-26(15-9-23)25-12-4-22(2)5-13-25/h6-11,14-17,22,25,28-29H,3-5,12-13,18-21H2,1-2H3/b7-6+. The second kappa shape index (κ2) is 11.7. The maximum Gasteiger partial charge on any atom is 0.338 e. The Hall–Kier alpha value is -2.39. The van der Waals surface area contributed by atoms with E-state index in [9.17, 15) is 4.79 Å². The highest BCUT2D eigenvalue weighted by atomic mass is 16.5. The van der Waals surface area contributed by atoms with Crippen LogP contribution >= 0.6 is 0 Å². The van der Waals surface area contributed by atoms with Gasteiger partial charge in [0, 0.05) is 6.61 Å². The van der Waals surface area contributed by atoms with Crippen LogP contribution in [-0.4, -0.2) is 24.8 Å². The van der Waals surface area contributed by atoms with Crippen molar-refractivity contribution in [3.8, 4) is 0 Å². The van der Waals surface area contributed by atoms with E-state index in [1.54, 1.807) is 0 Å². The Labute approximate surface area is 199 Å². The fourth-order valence-corrected chi connectivity index (χ4v) is 5.17. The van der Waals surface area contributed by atoms with Gasteiger partial charge in [0.1, 0.15) is 6.10 Å². The summed E-state index contributed by atoms with van der Waals surface area (Å²) in [4.78, 5) is 12.5. The van der Waals surface area contributed by atoms with Gasteiger partial charge in [-0.1, -0.05) is 68.3 Å². The van der Waals surface area contributed by atoms with Gasteiger partial charge in [0.2, 0.25) is 0 Å². The minimum atomic E-state index is -0.224. The fourth-order valence-electron chi connectivity index (χ4n) is 5.17. The Morgan fingerprint density at radius 1 is 0.788 bits per heavy atom. The van der Waals surface area contributed by atoms with Gasteiger partial charge >= 0.3 is 5.97 Å². The predicted molar refractivity (Wildman–Crippen MR) is 135 cm³/mol. The number of hydrogen-bond donors (Lipinski definition) is 0. The van der Waals surface area contributed by atoms with E-state index in [4.69, 9.17) is 9.47 Å². The van der Waals surface area contributed by atoms with E-state index in [1.165, 1.54) is 36.8 Å². The minimum absolute atomic E-state index is 0.00811. The zero-order valence-electron chi connectivity index (χ0n) is 20.2. The molecular formula is C30H38O3. The lowest BCUT2D eigenvalue weighted by Gasteiger charge is -2.28. The van der Waals surface area contributed by atoms with Crippen molar-refractivity contribution >= 4 is 18.1 Å². The fraction of sp³-hybridized carbons (Fsp3) is 0.500. The van der Waals surface area contributed by atoms with Gasteiger partial charge in [-0.3, -0.25) is 0 Å². The first kappa shape index (κ1) is 23.8. The summed E-state index contributed by atoms with van der Waals surface area (Å²) in [6, 6.07) is 16.7. The summed E-state index contributed by atoms with van der Waals surface area (Å²) in [7, 11) is 0. The summed E-state index contributed by atoms with van der Waals surface area (Å²) >= 11 is 0. The summed E-state index contributed by atoms with van der Waals surface area (Å²) in [5, 5.41) is 0. The van der Waals surface area contributed by atoms with Crippen molar-refractivity contribution in [2.45, 2.75) is 83.3 Å². The van der Waals surface area contributed by atoms with Crippen LogP contribution in [0.2, 0.25) is 0 Å². The summed E-state index contributed by atoms with van der Waals surface area (Å²) in [5.41, 5.74) is 4.38. The monoisotopic (exact) mass is 446 g/mol. The van der Waals surface area contributed by atoms with Gasteiger partial charge < -0.3 is 9.47 Å². The SMILES string of the molecule is CCOC1CCC(OC(=O)c2ccc(/C=C/c3ccc(C4CCC(C)CC4)cc3)cc2)CC1. The molecule has 2 fully saturated rings. The molecule has 3 heteroatoms. The number of carbonyl (C=O) groups is 1. The molecule has 4 rings (SSSR count). The average Bonchev–Trinajstić information content (AvgIpc) is 2.85. The van der Waals surface area contributed by atoms with Gasteiger partial charge in [-0.25, -0.2) is 4.79 Å². The molecule has 0 N–H and O–H groups in total. The van der Waals surface area contributed by atoms with E-state index < -0.39 is 0 Å². The van der Waals surface area contributed by atoms with Crippen LogP contribution in [0.3, 0.4) is 0 Å². The van der Waals surface area contributed by atoms with Crippen molar-refractivity contribution < 1.29 is 14.3 Å². The van der Waals surface area contributed by atoms with Crippen molar-refractivity contribution in [3.05, 3.63) is 70.8 Å². The van der Waals surface area contributed by atoms with Crippen LogP contribution < -0.4 is 0 Å². The first-order valence-electron chi connectivity index (χ1n) is 12.8. The second-order valence-electron chi connectivity index (χ2n) is 9.84. The molecule has 0 aliphatic heterocycles. The number of hydrogen-bond acceptors (Lipinski definition) is 3. The molecule has 0 bridgehead atoms. The highest BCUT2D eigenvalue weighted by Gasteiger charge is 2.24. The third kappa shape index (κ3) is 6.80. The van der Waals surface area contributed by atoms with Crippen LogP contribution in [0, 0.1) is 5.92 Å². The molecule has 0 aromatic heterocycles. The lowest BCUT2D eigenvalue weighted by atomic mass is 9.79. The summed E-state index contributed by atoms with van der Waals surface area (Å²) in [6.45, 7) is 5.15. The summed E-state index contributed by atoms with van der Waals surface area (Å²) in [5.74, 6) is 1.39. The molecule has 2 aromatic rings. The molecule has 2 aliphatic rings. The van der Waals surface area contributed by atoms with Gasteiger partial charge in [0.05, 0.1) is 11.7 Å². The van der Waals surface area contributed by atoms with Crippen LogP contribution in [0.1, 0.15) is 98.2 Å². The van der Waals surface area contributed by atoms with Crippen LogP contribution in [-0.2, 0) is 9.47 Å². The molecular weight excluding hydrogens is 408 g/mol. The van der Waals surface area contributed by atoms with Crippen molar-refractivity contribution in [2.24, 2.45) is 5.92 Å². The zero-order valence-corrected chi connectivity index (χ0v) is 20.2. The molecule has 0 unspecified atom stereocenters. The maximum absolute atomic E-state index is 12.5. The van der Waals surface area contributed by atoms with E-state index in [2.05, 4.69) is 43.3 Å². The van der Waals surface area contributed by atoms with Crippen LogP contribution in [0.5, 0.6) is 0 Å². The molecule has 0 atom stereocenters. The van der Waals surface area contributed by atoms with E-state index in [-0.39, 0.29) is 12.1 Å². The molecule has 3 nitrogen and oxygen atoms in total. The second-order valence-corrected chi connectivity index (χ2v) is 9.84. The number of benzene rings is 2. The molecule has 2 saturated carbocycles. The minimum Gasteiger partial charge on any atom is -0.459 e. The van der Waals surface area contributed by atoms with Crippen molar-refractivity contribution in [2.75, 3.05) is 6.61 Å². The van der Waals surface area contributed by atoms with Gasteiger partial charge in [-0.2, -0.15) is 0 Å². The third-order valence-corrected chi connectivity index (χ3v) is 7.34. The molecule has 33 heavy (non-hydrogen) atoms. The van der Waals surface area contributed by atoms with Crippen molar-refractivity contribution in [1.29, 1.82) is 0 Å². The van der Waals surface area contributed by atoms with E-state index in [0.29, 0.717) is 11.7 Å². The number of ether oxygens (including phenoxy) is 2. The number of esters is 1. The quantitative estimate of drug-likeness (QED) is 0.323. The number of rotatable bonds is 7. The van der Waals surface area contributed by atoms with E-state index in [0.717, 1.165) is 49.7 Å². The first-order valence-corrected chi connectivity index (χ1v) is 12.8. The molecule has 0 spiro atoms. The Kier molecular flexibility index (Phi) is 8.39. The predicted octanol–water partition coefficient (Wildman–Crippen LogP) is 7.66. The van der Waals surface area contributed by atoms with Crippen LogP contribution in [0.15, 0.2) is 48.5 Å². The Balaban J connectivity index is 1.27. The van der Waals surface area contributed by atoms with E-state index in [1.807, 2.05) is 31.2 Å². The van der Waals surface area contributed by atoms with Crippen molar-refractivity contribution in [3.63, 3.8) is 0 Å². The maximum atomic E-state index is 12.5. The number of carbonyl (C=O) groups excluding carboxylic acids is 1. The third-order valence-electron chi connectivity index (χ3n) is 7.34.